The third kappa shape index (κ3) is 3.82. The molecule has 137 valence electrons. The number of phenolic OH excluding ortho intramolecular Hbond substituents is 1. The van der Waals surface area contributed by atoms with E-state index in [0.717, 1.165) is 6.42 Å². The van der Waals surface area contributed by atoms with Crippen molar-refractivity contribution < 1.29 is 45.2 Å². The number of hydrogen-bond acceptors (Lipinski definition) is 5. The van der Waals surface area contributed by atoms with Crippen LogP contribution in [-0.2, 0) is 14.3 Å². The molecule has 0 amide bonds. The van der Waals surface area contributed by atoms with E-state index in [1.807, 2.05) is 13.8 Å². The summed E-state index contributed by atoms with van der Waals surface area (Å²) in [7, 11) is 0. The van der Waals surface area contributed by atoms with Gasteiger partial charge in [0.1, 0.15) is 0 Å². The second kappa shape index (κ2) is 7.86. The van der Waals surface area contributed by atoms with E-state index in [-0.39, 0.29) is 45.9 Å². The predicted molar refractivity (Wildman–Crippen MR) is 94.8 cm³/mol. The minimum atomic E-state index is -0.503. The van der Waals surface area contributed by atoms with Crippen LogP contribution in [0.4, 0.5) is 0 Å². The molecule has 1 radical (unpaired) electrons. The molecule has 0 saturated carbocycles. The molecule has 1 aliphatic heterocycles. The van der Waals surface area contributed by atoms with Gasteiger partial charge in [-0.25, -0.2) is 0 Å². The Bertz CT molecular complexity index is 836. The van der Waals surface area contributed by atoms with Crippen LogP contribution in [0.15, 0.2) is 36.4 Å². The van der Waals surface area contributed by atoms with Crippen LogP contribution < -0.4 is 21.0 Å². The standard InChI is InChI=1S/C19H20BIO5/c1-3-19(2,17-20-21-17)18(24)26-11-10-25-16(23)14-8-4-7-13-12(14)6-5-9-15(13)22/h4-9,17,22H,3,10-11H2,1-2H3/q-1. The third-order valence-corrected chi connectivity index (χ3v) is 7.54. The molecule has 2 atom stereocenters. The summed E-state index contributed by atoms with van der Waals surface area (Å²) in [5.41, 5.74) is -0.0646. The minimum absolute atomic E-state index is 0.00298. The molecule has 1 saturated heterocycles. The van der Waals surface area contributed by atoms with Gasteiger partial charge in [0.05, 0.1) is 0 Å². The number of aromatic hydroxyl groups is 1. The van der Waals surface area contributed by atoms with Crippen molar-refractivity contribution in [3.05, 3.63) is 42.0 Å². The maximum atomic E-state index is 12.3. The van der Waals surface area contributed by atoms with Crippen molar-refractivity contribution in [2.45, 2.75) is 24.1 Å². The molecular weight excluding hydrogens is 446 g/mol. The van der Waals surface area contributed by atoms with Crippen LogP contribution >= 0.6 is 0 Å². The van der Waals surface area contributed by atoms with Crippen LogP contribution in [-0.4, -0.2) is 39.2 Å². The summed E-state index contributed by atoms with van der Waals surface area (Å²) in [6, 6.07) is 10.1. The summed E-state index contributed by atoms with van der Waals surface area (Å²) in [4.78, 5) is 24.7. The van der Waals surface area contributed by atoms with Crippen molar-refractivity contribution in [1.29, 1.82) is 0 Å². The van der Waals surface area contributed by atoms with E-state index in [4.69, 9.17) is 9.47 Å². The molecule has 1 heterocycles. The van der Waals surface area contributed by atoms with Gasteiger partial charge in [-0.15, -0.1) is 0 Å². The SMILES string of the molecule is CCC(C)(C(=O)OCCOC(=O)c1cccc2c(O)cccc12)C1[B][I-]1. The summed E-state index contributed by atoms with van der Waals surface area (Å²) < 4.78 is 11.0. The molecule has 2 unspecified atom stereocenters. The van der Waals surface area contributed by atoms with Crippen LogP contribution in [0.25, 0.3) is 10.8 Å². The normalized spacial score (nSPS) is 18.2. The molecule has 1 N–H and O–H groups in total. The summed E-state index contributed by atoms with van der Waals surface area (Å²) in [5, 5.41) is 13.3. The number of carbonyl (C=O) groups is 2. The van der Waals surface area contributed by atoms with Gasteiger partial charge in [-0.05, 0) is 6.07 Å². The van der Waals surface area contributed by atoms with E-state index in [1.54, 1.807) is 36.4 Å². The van der Waals surface area contributed by atoms with Gasteiger partial charge in [-0.2, -0.15) is 0 Å². The van der Waals surface area contributed by atoms with Gasteiger partial charge in [-0.1, -0.05) is 0 Å². The Morgan fingerprint density at radius 3 is 2.50 bits per heavy atom. The molecular formula is C19H20BIO5-. The maximum absolute atomic E-state index is 12.3. The average molecular weight is 466 g/mol. The molecule has 2 aromatic carbocycles. The molecule has 0 bridgehead atoms. The number of carbonyl (C=O) groups excluding carboxylic acids is 2. The Morgan fingerprint density at radius 2 is 1.81 bits per heavy atom. The molecule has 7 heteroatoms. The van der Waals surface area contributed by atoms with Crippen molar-refractivity contribution in [1.82, 2.24) is 0 Å². The molecule has 1 aliphatic rings. The van der Waals surface area contributed by atoms with E-state index in [0.29, 0.717) is 20.2 Å². The molecule has 5 nitrogen and oxygen atoms in total. The van der Waals surface area contributed by atoms with Crippen molar-refractivity contribution in [2.75, 3.05) is 13.2 Å². The van der Waals surface area contributed by atoms with Crippen LogP contribution in [0.2, 0.25) is 0 Å². The fourth-order valence-electron chi connectivity index (χ4n) is 2.75. The van der Waals surface area contributed by atoms with Gasteiger partial charge in [0.15, 0.2) is 0 Å². The van der Waals surface area contributed by atoms with Gasteiger partial charge in [0, 0.05) is 0 Å². The molecule has 0 aromatic heterocycles. The Hall–Kier alpha value is -1.77. The molecule has 0 spiro atoms. The van der Waals surface area contributed by atoms with Crippen molar-refractivity contribution in [3.63, 3.8) is 0 Å². The van der Waals surface area contributed by atoms with Gasteiger partial charge in [-0.3, -0.25) is 0 Å². The van der Waals surface area contributed by atoms with Crippen LogP contribution in [0.1, 0.15) is 30.6 Å². The van der Waals surface area contributed by atoms with Crippen molar-refractivity contribution in [3.8, 4) is 5.75 Å². The average Bonchev–Trinajstić information content (AvgIpc) is 3.49. The van der Waals surface area contributed by atoms with Crippen LogP contribution in [0.3, 0.4) is 0 Å². The number of benzene rings is 2. The van der Waals surface area contributed by atoms with Gasteiger partial charge in [0.2, 0.25) is 0 Å². The van der Waals surface area contributed by atoms with Gasteiger partial charge in [0.25, 0.3) is 0 Å². The van der Waals surface area contributed by atoms with Crippen LogP contribution in [0, 0.1) is 5.41 Å². The number of alkyl halides is 1. The molecule has 26 heavy (non-hydrogen) atoms. The zero-order chi connectivity index (χ0) is 18.7. The first kappa shape index (κ1) is 19.0. The summed E-state index contributed by atoms with van der Waals surface area (Å²) in [5.74, 6) is -0.605. The number of fused-ring (bicyclic) bond motifs is 1. The molecule has 2 aromatic rings. The number of halogens is 1. The second-order valence-corrected chi connectivity index (χ2v) is 9.15. The monoisotopic (exact) mass is 466 g/mol. The van der Waals surface area contributed by atoms with Gasteiger partial charge < -0.3 is 5.11 Å². The quantitative estimate of drug-likeness (QED) is 0.200. The molecule has 0 aliphatic carbocycles. The Kier molecular flexibility index (Phi) is 5.74. The van der Waals surface area contributed by atoms with Crippen LogP contribution in [0.5, 0.6) is 5.75 Å². The topological polar surface area (TPSA) is 72.8 Å². The van der Waals surface area contributed by atoms with Crippen molar-refractivity contribution in [2.24, 2.45) is 5.41 Å². The Labute approximate surface area is 163 Å². The van der Waals surface area contributed by atoms with E-state index < -0.39 is 11.4 Å². The van der Waals surface area contributed by atoms with E-state index in [1.165, 1.54) is 0 Å². The summed E-state index contributed by atoms with van der Waals surface area (Å²) in [6.07, 6.45) is 0.742. The first-order chi connectivity index (χ1) is 12.5. The molecule has 1 fully saturated rings. The van der Waals surface area contributed by atoms with Gasteiger partial charge >= 0.3 is 152 Å². The zero-order valence-electron chi connectivity index (χ0n) is 14.7. The van der Waals surface area contributed by atoms with Crippen molar-refractivity contribution >= 4 is 27.8 Å². The zero-order valence-corrected chi connectivity index (χ0v) is 16.9. The number of esters is 2. The van der Waals surface area contributed by atoms with E-state index in [2.05, 4.69) is 5.14 Å². The van der Waals surface area contributed by atoms with E-state index >= 15 is 0 Å². The summed E-state index contributed by atoms with van der Waals surface area (Å²) in [6.45, 7) is 3.98. The number of hydrogen-bond donors (Lipinski definition) is 1. The Morgan fingerprint density at radius 1 is 1.15 bits per heavy atom. The third-order valence-electron chi connectivity index (χ3n) is 4.73. The number of rotatable bonds is 7. The fraction of sp³-hybridized carbons (Fsp3) is 0.368. The van der Waals surface area contributed by atoms with E-state index in [9.17, 15) is 14.7 Å². The fourth-order valence-corrected chi connectivity index (χ4v) is 5.24. The Balaban J connectivity index is 1.57. The first-order valence-electron chi connectivity index (χ1n) is 8.47. The first-order valence-corrected chi connectivity index (χ1v) is 11.0. The number of phenols is 1. The summed E-state index contributed by atoms with van der Waals surface area (Å²) >= 11 is 0.0315. The second-order valence-electron chi connectivity index (χ2n) is 6.37. The molecule has 3 rings (SSSR count). The number of ether oxygens (including phenoxy) is 2. The predicted octanol–water partition coefficient (Wildman–Crippen LogP) is -0.290.